The molecule has 2 aromatic heterocycles. The highest BCUT2D eigenvalue weighted by atomic mass is 32.2. The number of aromatic nitrogens is 4. The Kier molecular flexibility index (Phi) is 5.60. The number of aromatic amines is 2. The van der Waals surface area contributed by atoms with Crippen LogP contribution in [0.1, 0.15) is 18.1 Å². The molecule has 30 heavy (non-hydrogen) atoms. The summed E-state index contributed by atoms with van der Waals surface area (Å²) in [5, 5.41) is 14.8. The summed E-state index contributed by atoms with van der Waals surface area (Å²) < 4.78 is 0.705. The third kappa shape index (κ3) is 4.39. The lowest BCUT2D eigenvalue weighted by atomic mass is 10.1. The van der Waals surface area contributed by atoms with Gasteiger partial charge in [0.1, 0.15) is 0 Å². The maximum Gasteiger partial charge on any atom is 0.323 e. The third-order valence-electron chi connectivity index (χ3n) is 4.68. The highest BCUT2D eigenvalue weighted by Crippen LogP contribution is 2.32. The van der Waals surface area contributed by atoms with E-state index in [0.717, 1.165) is 11.3 Å². The van der Waals surface area contributed by atoms with Gasteiger partial charge in [-0.05, 0) is 56.2 Å². The molecule has 2 aromatic carbocycles. The Morgan fingerprint density at radius 3 is 2.77 bits per heavy atom. The Morgan fingerprint density at radius 1 is 1.13 bits per heavy atom. The maximum atomic E-state index is 12.6. The van der Waals surface area contributed by atoms with E-state index < -0.39 is 0 Å². The van der Waals surface area contributed by atoms with Gasteiger partial charge in [-0.2, -0.15) is 0 Å². The summed E-state index contributed by atoms with van der Waals surface area (Å²) in [6, 6.07) is 11.3. The molecule has 10 heteroatoms. The fourth-order valence-corrected chi connectivity index (χ4v) is 4.78. The van der Waals surface area contributed by atoms with Crippen molar-refractivity contribution in [3.05, 3.63) is 58.0 Å². The molecule has 4 N–H and O–H groups in total. The molecule has 0 saturated heterocycles. The second-order valence-electron chi connectivity index (χ2n) is 6.83. The Balaban J connectivity index is 1.39. The van der Waals surface area contributed by atoms with E-state index in [-0.39, 0.29) is 16.8 Å². The van der Waals surface area contributed by atoms with Gasteiger partial charge in [0.25, 0.3) is 0 Å². The molecule has 1 amide bonds. The second kappa shape index (κ2) is 8.33. The van der Waals surface area contributed by atoms with Crippen LogP contribution in [0.3, 0.4) is 0 Å². The molecule has 2 heterocycles. The number of rotatable bonds is 6. The van der Waals surface area contributed by atoms with Crippen LogP contribution in [0, 0.1) is 13.8 Å². The van der Waals surface area contributed by atoms with E-state index in [9.17, 15) is 9.59 Å². The largest absolute Gasteiger partial charge is 0.330 e. The van der Waals surface area contributed by atoms with E-state index in [1.807, 2.05) is 19.1 Å². The molecule has 0 radical (unpaired) electrons. The lowest BCUT2D eigenvalue weighted by molar-refractivity contribution is -0.115. The standard InChI is InChI=1S/C20H20N6O2S2/c1-10-5-4-6-14(11(10)2)24-19-25-26-20(30-19)29-12(3)17(27)21-13-7-8-15-16(9-13)23-18(28)22-15/h4-9,12H,1-3H3,(H,21,27)(H,24,25)(H2,22,23,28)/t12-/m1/s1. The number of imidazole rings is 1. The quantitative estimate of drug-likeness (QED) is 0.334. The molecule has 0 aliphatic rings. The van der Waals surface area contributed by atoms with Crippen LogP contribution in [0.2, 0.25) is 0 Å². The number of aryl methyl sites for hydroxylation is 1. The van der Waals surface area contributed by atoms with Crippen molar-refractivity contribution in [1.82, 2.24) is 20.2 Å². The van der Waals surface area contributed by atoms with Crippen LogP contribution in [0.15, 0.2) is 45.5 Å². The van der Waals surface area contributed by atoms with Gasteiger partial charge in [0.05, 0.1) is 16.3 Å². The average molecular weight is 441 g/mol. The Hall–Kier alpha value is -3.11. The molecule has 4 rings (SSSR count). The van der Waals surface area contributed by atoms with Crippen molar-refractivity contribution in [1.29, 1.82) is 0 Å². The molecule has 154 valence electrons. The molecule has 0 aliphatic carbocycles. The highest BCUT2D eigenvalue weighted by molar-refractivity contribution is 8.02. The van der Waals surface area contributed by atoms with Gasteiger partial charge in [0.15, 0.2) is 4.34 Å². The van der Waals surface area contributed by atoms with Crippen molar-refractivity contribution in [2.24, 2.45) is 0 Å². The van der Waals surface area contributed by atoms with Crippen LogP contribution < -0.4 is 16.3 Å². The van der Waals surface area contributed by atoms with Gasteiger partial charge in [0.2, 0.25) is 11.0 Å². The summed E-state index contributed by atoms with van der Waals surface area (Å²) in [5.41, 5.74) is 5.03. The number of benzene rings is 2. The number of carbonyl (C=O) groups is 1. The summed E-state index contributed by atoms with van der Waals surface area (Å²) >= 11 is 2.75. The third-order valence-corrected chi connectivity index (χ3v) is 6.71. The minimum absolute atomic E-state index is 0.156. The van der Waals surface area contributed by atoms with Gasteiger partial charge in [-0.25, -0.2) is 4.79 Å². The number of hydrogen-bond donors (Lipinski definition) is 4. The van der Waals surface area contributed by atoms with E-state index in [1.54, 1.807) is 18.2 Å². The molecule has 8 nitrogen and oxygen atoms in total. The first-order chi connectivity index (χ1) is 14.4. The van der Waals surface area contributed by atoms with E-state index in [0.29, 0.717) is 26.2 Å². The van der Waals surface area contributed by atoms with Crippen molar-refractivity contribution >= 4 is 56.5 Å². The van der Waals surface area contributed by atoms with Crippen molar-refractivity contribution in [3.63, 3.8) is 0 Å². The van der Waals surface area contributed by atoms with Crippen LogP contribution >= 0.6 is 23.1 Å². The van der Waals surface area contributed by atoms with Crippen molar-refractivity contribution in [2.45, 2.75) is 30.4 Å². The number of carbonyl (C=O) groups excluding carboxylic acids is 1. The van der Waals surface area contributed by atoms with Gasteiger partial charge in [0, 0.05) is 11.4 Å². The van der Waals surface area contributed by atoms with Gasteiger partial charge in [-0.1, -0.05) is 35.2 Å². The molecule has 0 aliphatic heterocycles. The molecular weight excluding hydrogens is 420 g/mol. The fourth-order valence-electron chi connectivity index (χ4n) is 2.87. The first-order valence-electron chi connectivity index (χ1n) is 9.25. The lowest BCUT2D eigenvalue weighted by Crippen LogP contribution is -2.22. The monoisotopic (exact) mass is 440 g/mol. The predicted octanol–water partition coefficient (Wildman–Crippen LogP) is 4.19. The number of amides is 1. The lowest BCUT2D eigenvalue weighted by Gasteiger charge is -2.10. The van der Waals surface area contributed by atoms with Crippen molar-refractivity contribution in [3.8, 4) is 0 Å². The molecule has 0 unspecified atom stereocenters. The molecular formula is C20H20N6O2S2. The summed E-state index contributed by atoms with van der Waals surface area (Å²) in [6.07, 6.45) is 0. The first kappa shape index (κ1) is 20.2. The van der Waals surface area contributed by atoms with Crippen LogP contribution in [0.4, 0.5) is 16.5 Å². The molecule has 1 atom stereocenters. The van der Waals surface area contributed by atoms with Gasteiger partial charge in [-0.3, -0.25) is 4.79 Å². The number of hydrogen-bond acceptors (Lipinski definition) is 7. The average Bonchev–Trinajstić information content (AvgIpc) is 3.30. The van der Waals surface area contributed by atoms with E-state index in [2.05, 4.69) is 50.7 Å². The molecule has 4 aromatic rings. The second-order valence-corrected chi connectivity index (χ2v) is 9.40. The van der Waals surface area contributed by atoms with Crippen LogP contribution in [-0.2, 0) is 4.79 Å². The Bertz CT molecular complexity index is 1280. The van der Waals surface area contributed by atoms with Crippen molar-refractivity contribution in [2.75, 3.05) is 10.6 Å². The smallest absolute Gasteiger partial charge is 0.323 e. The van der Waals surface area contributed by atoms with Crippen LogP contribution in [0.25, 0.3) is 11.0 Å². The molecule has 0 saturated carbocycles. The van der Waals surface area contributed by atoms with E-state index in [4.69, 9.17) is 0 Å². The zero-order valence-electron chi connectivity index (χ0n) is 16.6. The van der Waals surface area contributed by atoms with Gasteiger partial charge < -0.3 is 20.6 Å². The Morgan fingerprint density at radius 2 is 1.93 bits per heavy atom. The SMILES string of the molecule is Cc1cccc(Nc2nnc(S[C@H](C)C(=O)Nc3ccc4[nH]c(=O)[nH]c4c3)s2)c1C. The van der Waals surface area contributed by atoms with E-state index >= 15 is 0 Å². The predicted molar refractivity (Wildman–Crippen MR) is 122 cm³/mol. The number of nitrogens with zero attached hydrogens (tertiary/aromatic N) is 2. The van der Waals surface area contributed by atoms with Gasteiger partial charge in [-0.15, -0.1) is 10.2 Å². The van der Waals surface area contributed by atoms with Gasteiger partial charge >= 0.3 is 5.69 Å². The van der Waals surface area contributed by atoms with E-state index in [1.165, 1.54) is 28.7 Å². The normalized spacial score (nSPS) is 12.1. The number of H-pyrrole nitrogens is 2. The highest BCUT2D eigenvalue weighted by Gasteiger charge is 2.18. The van der Waals surface area contributed by atoms with Crippen LogP contribution in [-0.4, -0.2) is 31.3 Å². The maximum absolute atomic E-state index is 12.6. The number of nitrogens with one attached hydrogen (secondary N) is 4. The first-order valence-corrected chi connectivity index (χ1v) is 10.9. The fraction of sp³-hybridized carbons (Fsp3) is 0.200. The molecule has 0 spiro atoms. The Labute approximate surface area is 180 Å². The number of anilines is 3. The van der Waals surface area contributed by atoms with Crippen molar-refractivity contribution < 1.29 is 4.79 Å². The number of thioether (sulfide) groups is 1. The van der Waals surface area contributed by atoms with Crippen LogP contribution in [0.5, 0.6) is 0 Å². The minimum Gasteiger partial charge on any atom is -0.330 e. The topological polar surface area (TPSA) is 116 Å². The molecule has 0 bridgehead atoms. The summed E-state index contributed by atoms with van der Waals surface area (Å²) in [4.78, 5) is 29.3. The number of fused-ring (bicyclic) bond motifs is 1. The summed E-state index contributed by atoms with van der Waals surface area (Å²) in [5.74, 6) is -0.156. The zero-order chi connectivity index (χ0) is 21.3. The minimum atomic E-state index is -0.368. The zero-order valence-corrected chi connectivity index (χ0v) is 18.2. The summed E-state index contributed by atoms with van der Waals surface area (Å²) in [7, 11) is 0. The summed E-state index contributed by atoms with van der Waals surface area (Å²) in [6.45, 7) is 5.94. The molecule has 0 fully saturated rings.